The predicted octanol–water partition coefficient (Wildman–Crippen LogP) is 2.68. The summed E-state index contributed by atoms with van der Waals surface area (Å²) < 4.78 is 0. The van der Waals surface area contributed by atoms with E-state index < -0.39 is 0 Å². The molecule has 0 spiro atoms. The van der Waals surface area contributed by atoms with Crippen LogP contribution in [0, 0.1) is 13.8 Å². The molecule has 0 amide bonds. The minimum atomic E-state index is 0.148. The van der Waals surface area contributed by atoms with Crippen LogP contribution in [0.1, 0.15) is 29.4 Å². The number of nitrogens with zero attached hydrogens (tertiary/aromatic N) is 3. The van der Waals surface area contributed by atoms with E-state index in [4.69, 9.17) is 0 Å². The maximum atomic E-state index is 11.5. The molecule has 0 N–H and O–H groups in total. The van der Waals surface area contributed by atoms with Crippen LogP contribution in [0.15, 0.2) is 36.7 Å². The highest BCUT2D eigenvalue weighted by Gasteiger charge is 2.11. The van der Waals surface area contributed by atoms with Crippen LogP contribution in [0.3, 0.4) is 0 Å². The second kappa shape index (κ2) is 7.09. The van der Waals surface area contributed by atoms with E-state index in [0.717, 1.165) is 11.4 Å². The van der Waals surface area contributed by atoms with Crippen molar-refractivity contribution in [2.75, 3.05) is 6.54 Å². The number of aromatic nitrogens is 2. The van der Waals surface area contributed by atoms with Crippen molar-refractivity contribution in [1.29, 1.82) is 0 Å². The van der Waals surface area contributed by atoms with Gasteiger partial charge in [-0.15, -0.1) is 0 Å². The number of ketones is 1. The number of hydrogen-bond donors (Lipinski definition) is 0. The molecule has 0 saturated heterocycles. The molecule has 0 aliphatic rings. The highest BCUT2D eigenvalue weighted by atomic mass is 16.1. The summed E-state index contributed by atoms with van der Waals surface area (Å²) in [6.45, 7) is 7.41. The van der Waals surface area contributed by atoms with Gasteiger partial charge < -0.3 is 0 Å². The lowest BCUT2D eigenvalue weighted by Gasteiger charge is -2.20. The van der Waals surface area contributed by atoms with Crippen LogP contribution >= 0.6 is 0 Å². The zero-order valence-electron chi connectivity index (χ0n) is 12.8. The highest BCUT2D eigenvalue weighted by molar-refractivity contribution is 5.77. The van der Waals surface area contributed by atoms with Gasteiger partial charge in [-0.25, -0.2) is 0 Å². The van der Waals surface area contributed by atoms with Crippen LogP contribution in [0.25, 0.3) is 0 Å². The Morgan fingerprint density at radius 3 is 1.86 bits per heavy atom. The topological polar surface area (TPSA) is 46.1 Å². The average Bonchev–Trinajstić information content (AvgIpc) is 2.37. The summed E-state index contributed by atoms with van der Waals surface area (Å²) in [6.07, 6.45) is 3.61. The molecule has 2 aromatic rings. The average molecular weight is 283 g/mol. The molecular weight excluding hydrogens is 262 g/mol. The quantitative estimate of drug-likeness (QED) is 0.817. The van der Waals surface area contributed by atoms with Gasteiger partial charge in [0.15, 0.2) is 0 Å². The maximum absolute atomic E-state index is 11.5. The Morgan fingerprint density at radius 2 is 1.48 bits per heavy atom. The Labute approximate surface area is 125 Å². The second-order valence-corrected chi connectivity index (χ2v) is 5.50. The Morgan fingerprint density at radius 1 is 1.00 bits per heavy atom. The SMILES string of the molecule is CC(=O)CN(Cc1cc(C)ccn1)Cc1cc(C)ccn1. The Balaban J connectivity index is 2.12. The number of carbonyl (C=O) groups excluding carboxylic acids is 1. The van der Waals surface area contributed by atoms with Crippen LogP contribution in [-0.2, 0) is 17.9 Å². The van der Waals surface area contributed by atoms with Gasteiger partial charge in [-0.3, -0.25) is 19.7 Å². The monoisotopic (exact) mass is 283 g/mol. The minimum Gasteiger partial charge on any atom is -0.299 e. The van der Waals surface area contributed by atoms with E-state index in [1.54, 1.807) is 6.92 Å². The summed E-state index contributed by atoms with van der Waals surface area (Å²) in [5.41, 5.74) is 4.31. The lowest BCUT2D eigenvalue weighted by Crippen LogP contribution is -2.28. The summed E-state index contributed by atoms with van der Waals surface area (Å²) >= 11 is 0. The molecule has 4 nitrogen and oxygen atoms in total. The Kier molecular flexibility index (Phi) is 5.17. The van der Waals surface area contributed by atoms with E-state index in [9.17, 15) is 4.79 Å². The highest BCUT2D eigenvalue weighted by Crippen LogP contribution is 2.09. The second-order valence-electron chi connectivity index (χ2n) is 5.50. The largest absolute Gasteiger partial charge is 0.299 e. The first-order valence-corrected chi connectivity index (χ1v) is 7.08. The molecule has 0 radical (unpaired) electrons. The molecule has 0 fully saturated rings. The van der Waals surface area contributed by atoms with Crippen molar-refractivity contribution in [3.05, 3.63) is 59.2 Å². The third kappa shape index (κ3) is 5.08. The summed E-state index contributed by atoms with van der Waals surface area (Å²) in [5, 5.41) is 0. The molecule has 0 aliphatic heterocycles. The molecule has 4 heteroatoms. The molecule has 0 atom stereocenters. The number of hydrogen-bond acceptors (Lipinski definition) is 4. The van der Waals surface area contributed by atoms with Gasteiger partial charge in [0.1, 0.15) is 5.78 Å². The van der Waals surface area contributed by atoms with Gasteiger partial charge in [0.25, 0.3) is 0 Å². The molecule has 0 unspecified atom stereocenters. The number of pyridine rings is 2. The summed E-state index contributed by atoms with van der Waals surface area (Å²) in [7, 11) is 0. The van der Waals surface area contributed by atoms with Crippen molar-refractivity contribution in [2.45, 2.75) is 33.9 Å². The zero-order valence-corrected chi connectivity index (χ0v) is 12.8. The van der Waals surface area contributed by atoms with Crippen LogP contribution in [0.5, 0.6) is 0 Å². The third-order valence-electron chi connectivity index (χ3n) is 3.16. The standard InChI is InChI=1S/C17H21N3O/c1-13-4-6-18-16(8-13)11-20(10-15(3)21)12-17-9-14(2)5-7-19-17/h4-9H,10-12H2,1-3H3. The lowest BCUT2D eigenvalue weighted by molar-refractivity contribution is -0.118. The Hall–Kier alpha value is -2.07. The van der Waals surface area contributed by atoms with E-state index in [0.29, 0.717) is 19.6 Å². The maximum Gasteiger partial charge on any atom is 0.143 e. The zero-order chi connectivity index (χ0) is 15.2. The van der Waals surface area contributed by atoms with E-state index in [-0.39, 0.29) is 5.78 Å². The van der Waals surface area contributed by atoms with Crippen molar-refractivity contribution in [2.24, 2.45) is 0 Å². The molecule has 0 bridgehead atoms. The first kappa shape index (κ1) is 15.3. The van der Waals surface area contributed by atoms with Gasteiger partial charge in [0.05, 0.1) is 17.9 Å². The molecule has 2 rings (SSSR count). The van der Waals surface area contributed by atoms with Crippen LogP contribution < -0.4 is 0 Å². The number of carbonyl (C=O) groups is 1. The fraction of sp³-hybridized carbons (Fsp3) is 0.353. The first-order valence-electron chi connectivity index (χ1n) is 7.08. The molecule has 0 aromatic carbocycles. The summed E-state index contributed by atoms with van der Waals surface area (Å²) in [5.74, 6) is 0.148. The first-order chi connectivity index (χ1) is 10.0. The fourth-order valence-corrected chi connectivity index (χ4v) is 2.31. The molecule has 110 valence electrons. The number of aryl methyl sites for hydroxylation is 2. The smallest absolute Gasteiger partial charge is 0.143 e. The molecule has 2 aromatic heterocycles. The molecule has 21 heavy (non-hydrogen) atoms. The summed E-state index contributed by atoms with van der Waals surface area (Å²) in [6, 6.07) is 8.05. The molecule has 0 aliphatic carbocycles. The normalized spacial score (nSPS) is 10.9. The fourth-order valence-electron chi connectivity index (χ4n) is 2.31. The van der Waals surface area contributed by atoms with Gasteiger partial charge in [-0.2, -0.15) is 0 Å². The molecule has 0 saturated carbocycles. The Bertz CT molecular complexity index is 577. The predicted molar refractivity (Wildman–Crippen MR) is 82.7 cm³/mol. The van der Waals surface area contributed by atoms with Crippen molar-refractivity contribution < 1.29 is 4.79 Å². The summed E-state index contributed by atoms with van der Waals surface area (Å²) in [4.78, 5) is 22.3. The van der Waals surface area contributed by atoms with Gasteiger partial charge >= 0.3 is 0 Å². The van der Waals surface area contributed by atoms with Gasteiger partial charge in [0, 0.05) is 25.5 Å². The van der Waals surface area contributed by atoms with E-state index in [2.05, 4.69) is 27.0 Å². The number of Topliss-reactive ketones (excluding diaryl/α,β-unsaturated/α-hetero) is 1. The number of rotatable bonds is 6. The van der Waals surface area contributed by atoms with Gasteiger partial charge in [0.2, 0.25) is 0 Å². The van der Waals surface area contributed by atoms with Crippen LogP contribution in [0.4, 0.5) is 0 Å². The molecule has 2 heterocycles. The van der Waals surface area contributed by atoms with Crippen molar-refractivity contribution in [3.63, 3.8) is 0 Å². The van der Waals surface area contributed by atoms with Crippen LogP contribution in [-0.4, -0.2) is 27.2 Å². The van der Waals surface area contributed by atoms with E-state index in [1.807, 2.05) is 38.4 Å². The molecular formula is C17H21N3O. The third-order valence-corrected chi connectivity index (χ3v) is 3.16. The van der Waals surface area contributed by atoms with Gasteiger partial charge in [-0.1, -0.05) is 0 Å². The lowest BCUT2D eigenvalue weighted by atomic mass is 10.2. The van der Waals surface area contributed by atoms with E-state index in [1.165, 1.54) is 11.1 Å². The van der Waals surface area contributed by atoms with Crippen LogP contribution in [0.2, 0.25) is 0 Å². The van der Waals surface area contributed by atoms with Gasteiger partial charge in [-0.05, 0) is 56.2 Å². The van der Waals surface area contributed by atoms with Crippen molar-refractivity contribution in [1.82, 2.24) is 14.9 Å². The minimum absolute atomic E-state index is 0.148. The van der Waals surface area contributed by atoms with Crippen molar-refractivity contribution in [3.8, 4) is 0 Å². The van der Waals surface area contributed by atoms with Crippen molar-refractivity contribution >= 4 is 5.78 Å². The van der Waals surface area contributed by atoms with E-state index >= 15 is 0 Å².